The molecule has 1 heterocycles. The molecule has 1 aliphatic heterocycles. The molecule has 1 aromatic rings. The van der Waals surface area contributed by atoms with Crippen LogP contribution in [0.25, 0.3) is 0 Å². The van der Waals surface area contributed by atoms with Crippen LogP contribution in [0, 0.1) is 0 Å². The highest BCUT2D eigenvalue weighted by Gasteiger charge is 2.45. The smallest absolute Gasteiger partial charge is 0.247 e. The van der Waals surface area contributed by atoms with E-state index in [0.717, 1.165) is 37.8 Å². The summed E-state index contributed by atoms with van der Waals surface area (Å²) < 4.78 is 0. The zero-order chi connectivity index (χ0) is 12.8. The van der Waals surface area contributed by atoms with Crippen molar-refractivity contribution in [1.29, 1.82) is 0 Å². The van der Waals surface area contributed by atoms with Gasteiger partial charge in [-0.2, -0.15) is 0 Å². The molecular weight excluding hydrogens is 224 g/mol. The van der Waals surface area contributed by atoms with E-state index in [2.05, 4.69) is 13.0 Å². The highest BCUT2D eigenvalue weighted by Crippen LogP contribution is 2.37. The summed E-state index contributed by atoms with van der Waals surface area (Å²) in [6, 6.07) is 8.46. The number of hydrogen-bond acceptors (Lipinski definition) is 2. The average molecular weight is 244 g/mol. The third-order valence-electron chi connectivity index (χ3n) is 4.41. The van der Waals surface area contributed by atoms with E-state index in [-0.39, 0.29) is 11.9 Å². The molecule has 2 N–H and O–H groups in total. The number of amides is 1. The van der Waals surface area contributed by atoms with E-state index in [9.17, 15) is 4.79 Å². The van der Waals surface area contributed by atoms with Crippen molar-refractivity contribution in [3.63, 3.8) is 0 Å². The lowest BCUT2D eigenvalue weighted by Crippen LogP contribution is -2.62. The van der Waals surface area contributed by atoms with Crippen LogP contribution in [0.15, 0.2) is 24.3 Å². The monoisotopic (exact) mass is 244 g/mol. The summed E-state index contributed by atoms with van der Waals surface area (Å²) in [7, 11) is 0. The van der Waals surface area contributed by atoms with Crippen molar-refractivity contribution in [2.75, 3.05) is 4.90 Å². The summed E-state index contributed by atoms with van der Waals surface area (Å²) >= 11 is 0. The van der Waals surface area contributed by atoms with E-state index in [0.29, 0.717) is 0 Å². The molecule has 96 valence electrons. The number of anilines is 1. The maximum atomic E-state index is 12.7. The molecule has 1 unspecified atom stereocenters. The van der Waals surface area contributed by atoms with E-state index in [4.69, 9.17) is 5.73 Å². The zero-order valence-electron chi connectivity index (χ0n) is 10.9. The molecule has 1 atom stereocenters. The van der Waals surface area contributed by atoms with Crippen LogP contribution in [0.4, 0.5) is 5.69 Å². The molecule has 1 saturated carbocycles. The van der Waals surface area contributed by atoms with Crippen molar-refractivity contribution in [2.24, 2.45) is 5.73 Å². The molecule has 3 rings (SSSR count). The topological polar surface area (TPSA) is 46.3 Å². The van der Waals surface area contributed by atoms with E-state index >= 15 is 0 Å². The summed E-state index contributed by atoms with van der Waals surface area (Å²) in [5.41, 5.74) is 7.94. The predicted octanol–water partition coefficient (Wildman–Crippen LogP) is 2.24. The second-order valence-corrected chi connectivity index (χ2v) is 5.70. The minimum atomic E-state index is -0.599. The Morgan fingerprint density at radius 3 is 2.78 bits per heavy atom. The molecule has 0 bridgehead atoms. The van der Waals surface area contributed by atoms with Gasteiger partial charge in [0, 0.05) is 11.7 Å². The first kappa shape index (κ1) is 11.7. The van der Waals surface area contributed by atoms with Gasteiger partial charge in [0.05, 0.1) is 5.54 Å². The number of nitrogens with zero attached hydrogens (tertiary/aromatic N) is 1. The number of rotatable bonds is 1. The fraction of sp³-hybridized carbons (Fsp3) is 0.533. The molecule has 18 heavy (non-hydrogen) atoms. The third kappa shape index (κ3) is 1.65. The van der Waals surface area contributed by atoms with Crippen LogP contribution in [0.5, 0.6) is 0 Å². The van der Waals surface area contributed by atoms with Crippen LogP contribution in [-0.4, -0.2) is 17.5 Å². The second-order valence-electron chi connectivity index (χ2n) is 5.70. The van der Waals surface area contributed by atoms with Crippen LogP contribution in [0.1, 0.15) is 38.2 Å². The molecule has 1 aliphatic carbocycles. The van der Waals surface area contributed by atoms with Crippen LogP contribution in [-0.2, 0) is 11.2 Å². The number of carbonyl (C=O) groups excluding carboxylic acids is 1. The maximum Gasteiger partial charge on any atom is 0.247 e. The first-order chi connectivity index (χ1) is 8.62. The van der Waals surface area contributed by atoms with Gasteiger partial charge in [-0.3, -0.25) is 4.79 Å². The molecule has 2 aliphatic rings. The fourth-order valence-electron chi connectivity index (χ4n) is 3.01. The molecular formula is C15H20N2O. The predicted molar refractivity (Wildman–Crippen MR) is 72.5 cm³/mol. The first-order valence-corrected chi connectivity index (χ1v) is 6.82. The molecule has 0 aromatic heterocycles. The van der Waals surface area contributed by atoms with Gasteiger partial charge in [-0.05, 0) is 50.7 Å². The normalized spacial score (nSPS) is 25.2. The molecule has 1 aromatic carbocycles. The van der Waals surface area contributed by atoms with E-state index in [1.165, 1.54) is 5.56 Å². The number of para-hydroxylation sites is 1. The van der Waals surface area contributed by atoms with Crippen molar-refractivity contribution < 1.29 is 4.79 Å². The van der Waals surface area contributed by atoms with Gasteiger partial charge in [0.1, 0.15) is 0 Å². The minimum absolute atomic E-state index is 0.119. The van der Waals surface area contributed by atoms with Gasteiger partial charge in [-0.15, -0.1) is 0 Å². The first-order valence-electron chi connectivity index (χ1n) is 6.82. The number of carbonyl (C=O) groups is 1. The Labute approximate surface area is 108 Å². The van der Waals surface area contributed by atoms with Gasteiger partial charge >= 0.3 is 0 Å². The Balaban J connectivity index is 1.98. The lowest BCUT2D eigenvalue weighted by Gasteiger charge is -2.44. The van der Waals surface area contributed by atoms with Crippen LogP contribution >= 0.6 is 0 Å². The summed E-state index contributed by atoms with van der Waals surface area (Å²) in [5.74, 6) is 0.119. The summed E-state index contributed by atoms with van der Waals surface area (Å²) in [4.78, 5) is 14.6. The van der Waals surface area contributed by atoms with Crippen molar-refractivity contribution in [1.82, 2.24) is 0 Å². The lowest BCUT2D eigenvalue weighted by atomic mass is 9.76. The number of aryl methyl sites for hydroxylation is 1. The standard InChI is InChI=1S/C15H20N2O/c1-11-7-8-12-5-2-3-6-13(12)17(11)14(18)15(16)9-4-10-15/h2-3,5-6,11H,4,7-10,16H2,1H3. The minimum Gasteiger partial charge on any atom is -0.317 e. The highest BCUT2D eigenvalue weighted by molar-refractivity contribution is 6.02. The van der Waals surface area contributed by atoms with Crippen LogP contribution < -0.4 is 10.6 Å². The third-order valence-corrected chi connectivity index (χ3v) is 4.41. The molecule has 0 spiro atoms. The van der Waals surface area contributed by atoms with Gasteiger partial charge < -0.3 is 10.6 Å². The lowest BCUT2D eigenvalue weighted by molar-refractivity contribution is -0.127. The zero-order valence-corrected chi connectivity index (χ0v) is 10.9. The van der Waals surface area contributed by atoms with Crippen molar-refractivity contribution in [2.45, 2.75) is 50.6 Å². The Morgan fingerprint density at radius 1 is 1.39 bits per heavy atom. The van der Waals surface area contributed by atoms with Gasteiger partial charge in [0.2, 0.25) is 5.91 Å². The average Bonchev–Trinajstić information content (AvgIpc) is 2.35. The van der Waals surface area contributed by atoms with Gasteiger partial charge in [0.25, 0.3) is 0 Å². The highest BCUT2D eigenvalue weighted by atomic mass is 16.2. The quantitative estimate of drug-likeness (QED) is 0.823. The van der Waals surface area contributed by atoms with Crippen molar-refractivity contribution >= 4 is 11.6 Å². The van der Waals surface area contributed by atoms with Crippen LogP contribution in [0.2, 0.25) is 0 Å². The van der Waals surface area contributed by atoms with Gasteiger partial charge in [-0.1, -0.05) is 18.2 Å². The number of nitrogens with two attached hydrogens (primary N) is 1. The Hall–Kier alpha value is -1.35. The second kappa shape index (κ2) is 4.09. The Kier molecular flexibility index (Phi) is 2.67. The fourth-order valence-corrected chi connectivity index (χ4v) is 3.01. The van der Waals surface area contributed by atoms with Gasteiger partial charge in [-0.25, -0.2) is 0 Å². The Morgan fingerprint density at radius 2 is 2.11 bits per heavy atom. The number of fused-ring (bicyclic) bond motifs is 1. The van der Waals surface area contributed by atoms with E-state index < -0.39 is 5.54 Å². The van der Waals surface area contributed by atoms with Crippen molar-refractivity contribution in [3.05, 3.63) is 29.8 Å². The molecule has 1 fully saturated rings. The SMILES string of the molecule is CC1CCc2ccccc2N1C(=O)C1(N)CCC1. The van der Waals surface area contributed by atoms with Gasteiger partial charge in [0.15, 0.2) is 0 Å². The van der Waals surface area contributed by atoms with E-state index in [1.807, 2.05) is 23.1 Å². The molecule has 1 amide bonds. The molecule has 0 radical (unpaired) electrons. The molecule has 3 heteroatoms. The molecule has 3 nitrogen and oxygen atoms in total. The largest absolute Gasteiger partial charge is 0.317 e. The molecule has 0 saturated heterocycles. The summed E-state index contributed by atoms with van der Waals surface area (Å²) in [6.07, 6.45) is 4.82. The summed E-state index contributed by atoms with van der Waals surface area (Å²) in [6.45, 7) is 2.12. The number of hydrogen-bond donors (Lipinski definition) is 1. The maximum absolute atomic E-state index is 12.7. The number of benzene rings is 1. The Bertz CT molecular complexity index is 479. The summed E-state index contributed by atoms with van der Waals surface area (Å²) in [5, 5.41) is 0. The van der Waals surface area contributed by atoms with Crippen molar-refractivity contribution in [3.8, 4) is 0 Å². The van der Waals surface area contributed by atoms with E-state index in [1.54, 1.807) is 0 Å². The van der Waals surface area contributed by atoms with Crippen LogP contribution in [0.3, 0.4) is 0 Å².